The number of furan rings is 1. The lowest BCUT2D eigenvalue weighted by molar-refractivity contribution is 0.0592. The van der Waals surface area contributed by atoms with E-state index in [4.69, 9.17) is 20.8 Å². The average molecular weight is 457 g/mol. The second-order valence-corrected chi connectivity index (χ2v) is 8.50. The van der Waals surface area contributed by atoms with E-state index < -0.39 is 0 Å². The molecule has 0 unspecified atom stereocenters. The van der Waals surface area contributed by atoms with Gasteiger partial charge in [-0.3, -0.25) is 9.69 Å². The number of ether oxygens (including phenoxy) is 1. The lowest BCUT2D eigenvalue weighted by Crippen LogP contribution is -2.48. The average Bonchev–Trinajstić information content (AvgIpc) is 3.26. The van der Waals surface area contributed by atoms with Gasteiger partial charge in [0, 0.05) is 43.3 Å². The number of hydrogen-bond acceptors (Lipinski definition) is 4. The first kappa shape index (κ1) is 22.4. The number of nitrogens with zero attached hydrogens (tertiary/aromatic N) is 2. The van der Waals surface area contributed by atoms with Gasteiger partial charge in [0.05, 0.1) is 0 Å². The summed E-state index contributed by atoms with van der Waals surface area (Å²) in [6.45, 7) is 7.05. The molecule has 0 N–H and O–H groups in total. The molecule has 0 aliphatic carbocycles. The second kappa shape index (κ2) is 9.76. The number of carbonyl (C=O) groups excluding carboxylic acids is 1. The maximum atomic E-state index is 14.0. The summed E-state index contributed by atoms with van der Waals surface area (Å²) in [6.07, 6.45) is 0. The predicted molar refractivity (Wildman–Crippen MR) is 122 cm³/mol. The van der Waals surface area contributed by atoms with E-state index in [0.717, 1.165) is 16.9 Å². The molecule has 5 nitrogen and oxygen atoms in total. The standard InChI is InChI=1S/C25H26ClFN2O3/c1-17-6-7-18(2)24(14-17)31-16-19-8-9-23(32-19)25(30)29-12-10-28(11-13-29)15-20-21(26)4-3-5-22(20)27/h3-9,14H,10-13,15-16H2,1-2H3. The van der Waals surface area contributed by atoms with E-state index in [9.17, 15) is 9.18 Å². The maximum absolute atomic E-state index is 14.0. The molecule has 1 aliphatic rings. The highest BCUT2D eigenvalue weighted by Crippen LogP contribution is 2.23. The molecule has 1 amide bonds. The number of rotatable bonds is 6. The van der Waals surface area contributed by atoms with Crippen molar-refractivity contribution >= 4 is 17.5 Å². The Kier molecular flexibility index (Phi) is 6.82. The van der Waals surface area contributed by atoms with Gasteiger partial charge in [0.15, 0.2) is 5.76 Å². The van der Waals surface area contributed by atoms with Gasteiger partial charge in [-0.05, 0) is 55.3 Å². The van der Waals surface area contributed by atoms with Gasteiger partial charge >= 0.3 is 0 Å². The maximum Gasteiger partial charge on any atom is 0.289 e. The Morgan fingerprint density at radius 3 is 2.62 bits per heavy atom. The molecule has 168 valence electrons. The summed E-state index contributed by atoms with van der Waals surface area (Å²) in [5.74, 6) is 1.26. The summed E-state index contributed by atoms with van der Waals surface area (Å²) in [5, 5.41) is 0.426. The van der Waals surface area contributed by atoms with Crippen LogP contribution in [0.5, 0.6) is 5.75 Å². The number of halogens is 2. The molecular formula is C25H26ClFN2O3. The Hall–Kier alpha value is -2.83. The Morgan fingerprint density at radius 2 is 1.88 bits per heavy atom. The lowest BCUT2D eigenvalue weighted by atomic mass is 10.1. The van der Waals surface area contributed by atoms with Gasteiger partial charge in [-0.2, -0.15) is 0 Å². The summed E-state index contributed by atoms with van der Waals surface area (Å²) >= 11 is 6.14. The van der Waals surface area contributed by atoms with Crippen molar-refractivity contribution in [1.82, 2.24) is 9.80 Å². The second-order valence-electron chi connectivity index (χ2n) is 8.09. The van der Waals surface area contributed by atoms with Crippen LogP contribution in [0.25, 0.3) is 0 Å². The van der Waals surface area contributed by atoms with E-state index in [1.54, 1.807) is 29.2 Å². The summed E-state index contributed by atoms with van der Waals surface area (Å²) < 4.78 is 25.7. The van der Waals surface area contributed by atoms with Crippen molar-refractivity contribution < 1.29 is 18.3 Å². The van der Waals surface area contributed by atoms with Crippen LogP contribution in [0.15, 0.2) is 52.9 Å². The topological polar surface area (TPSA) is 45.9 Å². The van der Waals surface area contributed by atoms with E-state index in [2.05, 4.69) is 4.90 Å². The third-order valence-corrected chi connectivity index (χ3v) is 6.04. The third-order valence-electron chi connectivity index (χ3n) is 5.69. The molecule has 7 heteroatoms. The van der Waals surface area contributed by atoms with Crippen LogP contribution in [0, 0.1) is 19.7 Å². The number of benzene rings is 2. The van der Waals surface area contributed by atoms with Crippen molar-refractivity contribution in [3.05, 3.63) is 87.6 Å². The summed E-state index contributed by atoms with van der Waals surface area (Å²) in [4.78, 5) is 16.7. The van der Waals surface area contributed by atoms with Crippen LogP contribution in [0.3, 0.4) is 0 Å². The summed E-state index contributed by atoms with van der Waals surface area (Å²) in [6, 6.07) is 14.2. The number of carbonyl (C=O) groups is 1. The molecule has 0 atom stereocenters. The molecule has 0 bridgehead atoms. The molecule has 1 fully saturated rings. The van der Waals surface area contributed by atoms with Crippen molar-refractivity contribution in [3.63, 3.8) is 0 Å². The van der Waals surface area contributed by atoms with Crippen molar-refractivity contribution in [2.75, 3.05) is 26.2 Å². The Morgan fingerprint density at radius 1 is 1.09 bits per heavy atom. The van der Waals surface area contributed by atoms with E-state index in [1.807, 2.05) is 32.0 Å². The first-order valence-corrected chi connectivity index (χ1v) is 11.0. The van der Waals surface area contributed by atoms with E-state index in [1.165, 1.54) is 6.07 Å². The Bertz CT molecular complexity index is 1090. The normalized spacial score (nSPS) is 14.6. The van der Waals surface area contributed by atoms with Crippen LogP contribution in [-0.2, 0) is 13.2 Å². The predicted octanol–water partition coefficient (Wildman–Crippen LogP) is 5.23. The lowest BCUT2D eigenvalue weighted by Gasteiger charge is -2.34. The van der Waals surface area contributed by atoms with Crippen LogP contribution < -0.4 is 4.74 Å². The minimum atomic E-state index is -0.304. The number of amides is 1. The molecule has 1 aromatic heterocycles. The van der Waals surface area contributed by atoms with Gasteiger partial charge in [0.1, 0.15) is 23.9 Å². The highest BCUT2D eigenvalue weighted by atomic mass is 35.5. The zero-order valence-corrected chi connectivity index (χ0v) is 19.0. The van der Waals surface area contributed by atoms with E-state index >= 15 is 0 Å². The molecule has 1 saturated heterocycles. The minimum absolute atomic E-state index is 0.147. The number of aryl methyl sites for hydroxylation is 2. The first-order valence-electron chi connectivity index (χ1n) is 10.6. The zero-order valence-electron chi connectivity index (χ0n) is 18.2. The largest absolute Gasteiger partial charge is 0.485 e. The minimum Gasteiger partial charge on any atom is -0.485 e. The van der Waals surface area contributed by atoms with Crippen LogP contribution in [0.1, 0.15) is 33.0 Å². The fourth-order valence-electron chi connectivity index (χ4n) is 3.75. The molecule has 2 aromatic carbocycles. The van der Waals surface area contributed by atoms with Crippen molar-refractivity contribution in [3.8, 4) is 5.75 Å². The monoisotopic (exact) mass is 456 g/mol. The van der Waals surface area contributed by atoms with E-state index in [0.29, 0.717) is 54.8 Å². The van der Waals surface area contributed by atoms with Crippen molar-refractivity contribution in [1.29, 1.82) is 0 Å². The van der Waals surface area contributed by atoms with Gasteiger partial charge in [-0.1, -0.05) is 29.8 Å². The van der Waals surface area contributed by atoms with Crippen LogP contribution in [-0.4, -0.2) is 41.9 Å². The molecule has 32 heavy (non-hydrogen) atoms. The molecule has 4 rings (SSSR count). The third kappa shape index (κ3) is 5.14. The molecule has 0 saturated carbocycles. The van der Waals surface area contributed by atoms with E-state index in [-0.39, 0.29) is 18.3 Å². The molecule has 3 aromatic rings. The quantitative estimate of drug-likeness (QED) is 0.509. The zero-order chi connectivity index (χ0) is 22.7. The van der Waals surface area contributed by atoms with Gasteiger partial charge in [0.2, 0.25) is 0 Å². The number of hydrogen-bond donors (Lipinski definition) is 0. The smallest absolute Gasteiger partial charge is 0.289 e. The molecule has 1 aliphatic heterocycles. The molecule has 0 spiro atoms. The fourth-order valence-corrected chi connectivity index (χ4v) is 3.98. The molecule has 0 radical (unpaired) electrons. The van der Waals surface area contributed by atoms with Crippen LogP contribution in [0.2, 0.25) is 5.02 Å². The van der Waals surface area contributed by atoms with Crippen LogP contribution in [0.4, 0.5) is 4.39 Å². The Balaban J connectivity index is 1.31. The Labute approximate surface area is 192 Å². The van der Waals surface area contributed by atoms with Gasteiger partial charge in [-0.15, -0.1) is 0 Å². The number of piperazine rings is 1. The van der Waals surface area contributed by atoms with Gasteiger partial charge in [0.25, 0.3) is 5.91 Å². The van der Waals surface area contributed by atoms with Crippen molar-refractivity contribution in [2.45, 2.75) is 27.0 Å². The summed E-state index contributed by atoms with van der Waals surface area (Å²) in [5.41, 5.74) is 2.67. The highest BCUT2D eigenvalue weighted by molar-refractivity contribution is 6.31. The van der Waals surface area contributed by atoms with Gasteiger partial charge in [-0.25, -0.2) is 4.39 Å². The molecule has 2 heterocycles. The SMILES string of the molecule is Cc1ccc(C)c(OCc2ccc(C(=O)N3CCN(Cc4c(F)cccc4Cl)CC3)o2)c1. The van der Waals surface area contributed by atoms with Gasteiger partial charge < -0.3 is 14.1 Å². The van der Waals surface area contributed by atoms with Crippen molar-refractivity contribution in [2.24, 2.45) is 0 Å². The van der Waals surface area contributed by atoms with Crippen LogP contribution >= 0.6 is 11.6 Å². The first-order chi connectivity index (χ1) is 15.4. The molecular weight excluding hydrogens is 431 g/mol. The highest BCUT2D eigenvalue weighted by Gasteiger charge is 2.25. The summed E-state index contributed by atoms with van der Waals surface area (Å²) in [7, 11) is 0. The fraction of sp³-hybridized carbons (Fsp3) is 0.320.